The van der Waals surface area contributed by atoms with Crippen molar-refractivity contribution in [3.05, 3.63) is 55.0 Å². The number of hydrogen-bond acceptors (Lipinski definition) is 5. The van der Waals surface area contributed by atoms with Gasteiger partial charge in [-0.25, -0.2) is 9.97 Å². The van der Waals surface area contributed by atoms with E-state index in [-0.39, 0.29) is 17.5 Å². The number of benzene rings is 1. The van der Waals surface area contributed by atoms with Crippen LogP contribution in [0.15, 0.2) is 49.3 Å². The zero-order valence-electron chi connectivity index (χ0n) is 12.7. The van der Waals surface area contributed by atoms with Crippen molar-refractivity contribution < 1.29 is 9.59 Å². The molecule has 0 fully saturated rings. The zero-order valence-corrected chi connectivity index (χ0v) is 12.7. The second-order valence-electron chi connectivity index (χ2n) is 4.67. The van der Waals surface area contributed by atoms with Crippen LogP contribution in [0.5, 0.6) is 0 Å². The van der Waals surface area contributed by atoms with Crippen molar-refractivity contribution in [1.82, 2.24) is 9.97 Å². The van der Waals surface area contributed by atoms with Crippen LogP contribution < -0.4 is 16.0 Å². The second-order valence-corrected chi connectivity index (χ2v) is 4.67. The molecular formula is C16H17N5O2. The third kappa shape index (κ3) is 4.92. The summed E-state index contributed by atoms with van der Waals surface area (Å²) in [6.45, 7) is 5.58. The summed E-state index contributed by atoms with van der Waals surface area (Å²) in [5.41, 5.74) is 1.35. The molecule has 0 atom stereocenters. The predicted octanol–water partition coefficient (Wildman–Crippen LogP) is 2.29. The van der Waals surface area contributed by atoms with E-state index in [4.69, 9.17) is 0 Å². The molecule has 0 aliphatic rings. The molecule has 118 valence electrons. The fourth-order valence-electron chi connectivity index (χ4n) is 1.79. The van der Waals surface area contributed by atoms with Gasteiger partial charge in [0.1, 0.15) is 11.5 Å². The lowest BCUT2D eigenvalue weighted by Crippen LogP contribution is -2.15. The molecule has 1 aromatic heterocycles. The summed E-state index contributed by atoms with van der Waals surface area (Å²) in [5.74, 6) is 0.00353. The first kappa shape index (κ1) is 16.2. The number of aromatic nitrogens is 2. The maximum absolute atomic E-state index is 12.1. The third-order valence-corrected chi connectivity index (χ3v) is 2.75. The van der Waals surface area contributed by atoms with Crippen LogP contribution in [0, 0.1) is 0 Å². The maximum atomic E-state index is 12.1. The minimum atomic E-state index is -0.382. The number of hydrogen-bond donors (Lipinski definition) is 3. The van der Waals surface area contributed by atoms with Crippen LogP contribution >= 0.6 is 0 Å². The number of carbonyl (C=O) groups is 2. The van der Waals surface area contributed by atoms with Gasteiger partial charge in [0, 0.05) is 24.8 Å². The molecule has 0 spiro atoms. The van der Waals surface area contributed by atoms with E-state index in [2.05, 4.69) is 32.5 Å². The van der Waals surface area contributed by atoms with Crippen LogP contribution in [0.3, 0.4) is 0 Å². The molecule has 2 rings (SSSR count). The Morgan fingerprint density at radius 3 is 2.52 bits per heavy atom. The fraction of sp³-hybridized carbons (Fsp3) is 0.125. The van der Waals surface area contributed by atoms with Gasteiger partial charge < -0.3 is 16.0 Å². The van der Waals surface area contributed by atoms with Crippen LogP contribution in [-0.4, -0.2) is 28.3 Å². The first-order valence-corrected chi connectivity index (χ1v) is 6.94. The monoisotopic (exact) mass is 311 g/mol. The molecule has 0 unspecified atom stereocenters. The van der Waals surface area contributed by atoms with Gasteiger partial charge in [-0.15, -0.1) is 6.58 Å². The van der Waals surface area contributed by atoms with Gasteiger partial charge in [0.25, 0.3) is 5.91 Å². The summed E-state index contributed by atoms with van der Waals surface area (Å²) < 4.78 is 0. The summed E-state index contributed by atoms with van der Waals surface area (Å²) in [6.07, 6.45) is 4.56. The smallest absolute Gasteiger partial charge is 0.275 e. The fourth-order valence-corrected chi connectivity index (χ4v) is 1.79. The number of nitrogens with one attached hydrogen (secondary N) is 3. The van der Waals surface area contributed by atoms with Crippen LogP contribution in [0.2, 0.25) is 0 Å². The molecule has 0 saturated carbocycles. The van der Waals surface area contributed by atoms with E-state index in [1.165, 1.54) is 19.3 Å². The first-order valence-electron chi connectivity index (χ1n) is 6.94. The van der Waals surface area contributed by atoms with Crippen molar-refractivity contribution in [2.24, 2.45) is 0 Å². The number of carbonyl (C=O) groups excluding carboxylic acids is 2. The van der Waals surface area contributed by atoms with Crippen LogP contribution in [0.1, 0.15) is 17.4 Å². The molecule has 0 aliphatic carbocycles. The number of amides is 2. The highest BCUT2D eigenvalue weighted by atomic mass is 16.2. The van der Waals surface area contributed by atoms with Crippen molar-refractivity contribution >= 4 is 29.0 Å². The predicted molar refractivity (Wildman–Crippen MR) is 89.4 cm³/mol. The van der Waals surface area contributed by atoms with Crippen molar-refractivity contribution in [1.29, 1.82) is 0 Å². The molecule has 1 heterocycles. The Hall–Kier alpha value is -3.22. The molecular weight excluding hydrogens is 294 g/mol. The Morgan fingerprint density at radius 1 is 1.17 bits per heavy atom. The van der Waals surface area contributed by atoms with E-state index in [0.29, 0.717) is 23.7 Å². The van der Waals surface area contributed by atoms with Gasteiger partial charge in [0.2, 0.25) is 5.91 Å². The lowest BCUT2D eigenvalue weighted by Gasteiger charge is -2.08. The minimum Gasteiger partial charge on any atom is -0.365 e. The van der Waals surface area contributed by atoms with Crippen LogP contribution in [0.4, 0.5) is 17.2 Å². The largest absolute Gasteiger partial charge is 0.365 e. The number of rotatable bonds is 6. The standard InChI is InChI=1S/C16H17N5O2/c1-3-7-17-15-10-18-14(9-19-15)16(23)21-13-6-4-5-12(8-13)20-11(2)22/h3-6,8-10H,1,7H2,2H3,(H,17,19)(H,20,22)(H,21,23). The topological polar surface area (TPSA) is 96.0 Å². The van der Waals surface area contributed by atoms with Gasteiger partial charge in [0.15, 0.2) is 0 Å². The molecule has 1 aromatic carbocycles. The highest BCUT2D eigenvalue weighted by molar-refractivity contribution is 6.03. The van der Waals surface area contributed by atoms with Crippen LogP contribution in [-0.2, 0) is 4.79 Å². The molecule has 3 N–H and O–H groups in total. The van der Waals surface area contributed by atoms with E-state index >= 15 is 0 Å². The Kier molecular flexibility index (Phi) is 5.40. The SMILES string of the molecule is C=CCNc1cnc(C(=O)Nc2cccc(NC(C)=O)c2)cn1. The average molecular weight is 311 g/mol. The van der Waals surface area contributed by atoms with Crippen LogP contribution in [0.25, 0.3) is 0 Å². The Balaban J connectivity index is 2.03. The summed E-state index contributed by atoms with van der Waals surface area (Å²) in [4.78, 5) is 31.3. The molecule has 0 radical (unpaired) electrons. The van der Waals surface area contributed by atoms with Crippen molar-refractivity contribution in [2.45, 2.75) is 6.92 Å². The molecule has 2 amide bonds. The Morgan fingerprint density at radius 2 is 1.91 bits per heavy atom. The summed E-state index contributed by atoms with van der Waals surface area (Å²) in [5, 5.41) is 8.33. The van der Waals surface area contributed by atoms with E-state index in [9.17, 15) is 9.59 Å². The van der Waals surface area contributed by atoms with E-state index in [1.807, 2.05) is 0 Å². The summed E-state index contributed by atoms with van der Waals surface area (Å²) >= 11 is 0. The highest BCUT2D eigenvalue weighted by Crippen LogP contribution is 2.15. The number of anilines is 3. The molecule has 0 aliphatic heterocycles. The van der Waals surface area contributed by atoms with Crippen molar-refractivity contribution in [3.63, 3.8) is 0 Å². The lowest BCUT2D eigenvalue weighted by molar-refractivity contribution is -0.114. The van der Waals surface area contributed by atoms with Gasteiger partial charge in [-0.1, -0.05) is 12.1 Å². The van der Waals surface area contributed by atoms with Crippen molar-refractivity contribution in [2.75, 3.05) is 22.5 Å². The average Bonchev–Trinajstić information content (AvgIpc) is 2.53. The minimum absolute atomic E-state index is 0.179. The van der Waals surface area contributed by atoms with Gasteiger partial charge in [-0.3, -0.25) is 9.59 Å². The normalized spacial score (nSPS) is 9.78. The summed E-state index contributed by atoms with van der Waals surface area (Å²) in [6, 6.07) is 6.84. The van der Waals surface area contributed by atoms with Gasteiger partial charge in [-0.05, 0) is 18.2 Å². The van der Waals surface area contributed by atoms with E-state index in [0.717, 1.165) is 0 Å². The molecule has 7 nitrogen and oxygen atoms in total. The first-order chi connectivity index (χ1) is 11.1. The van der Waals surface area contributed by atoms with Gasteiger partial charge in [-0.2, -0.15) is 0 Å². The molecule has 0 bridgehead atoms. The molecule has 0 saturated heterocycles. The Bertz CT molecular complexity index is 713. The highest BCUT2D eigenvalue weighted by Gasteiger charge is 2.09. The molecule has 7 heteroatoms. The van der Waals surface area contributed by atoms with Crippen molar-refractivity contribution in [3.8, 4) is 0 Å². The summed E-state index contributed by atoms with van der Waals surface area (Å²) in [7, 11) is 0. The molecule has 23 heavy (non-hydrogen) atoms. The maximum Gasteiger partial charge on any atom is 0.275 e. The Labute approximate surface area is 133 Å². The molecule has 2 aromatic rings. The third-order valence-electron chi connectivity index (χ3n) is 2.75. The van der Waals surface area contributed by atoms with E-state index < -0.39 is 0 Å². The van der Waals surface area contributed by atoms with Gasteiger partial charge in [0.05, 0.1) is 12.4 Å². The van der Waals surface area contributed by atoms with Gasteiger partial charge >= 0.3 is 0 Å². The quantitative estimate of drug-likeness (QED) is 0.711. The lowest BCUT2D eigenvalue weighted by atomic mass is 10.2. The second kappa shape index (κ2) is 7.69. The zero-order chi connectivity index (χ0) is 16.7. The van der Waals surface area contributed by atoms with E-state index in [1.54, 1.807) is 30.3 Å². The number of nitrogens with zero attached hydrogens (tertiary/aromatic N) is 2.